The summed E-state index contributed by atoms with van der Waals surface area (Å²) in [7, 11) is 0. The maximum Gasteiger partial charge on any atom is 0.137 e. The average molecular weight is 240 g/mol. The van der Waals surface area contributed by atoms with Gasteiger partial charge in [-0.1, -0.05) is 12.1 Å². The summed E-state index contributed by atoms with van der Waals surface area (Å²) in [5.74, 6) is -0.204. The van der Waals surface area contributed by atoms with Gasteiger partial charge in [-0.05, 0) is 42.3 Å². The molecule has 0 saturated heterocycles. The van der Waals surface area contributed by atoms with Crippen molar-refractivity contribution in [2.45, 2.75) is 13.3 Å². The van der Waals surface area contributed by atoms with Crippen LogP contribution in [0.3, 0.4) is 0 Å². The first kappa shape index (κ1) is 11.0. The fourth-order valence-corrected chi connectivity index (χ4v) is 2.03. The molecule has 0 saturated carbocycles. The van der Waals surface area contributed by atoms with Crippen LogP contribution in [0, 0.1) is 12.7 Å². The molecule has 0 bridgehead atoms. The predicted octanol–water partition coefficient (Wildman–Crippen LogP) is 3.37. The summed E-state index contributed by atoms with van der Waals surface area (Å²) < 4.78 is 14.8. The predicted molar refractivity (Wildman–Crippen MR) is 69.1 cm³/mol. The van der Waals surface area contributed by atoms with Crippen molar-refractivity contribution in [3.8, 4) is 0 Å². The quantitative estimate of drug-likeness (QED) is 0.671. The number of nitrogens with zero attached hydrogens (tertiary/aromatic N) is 2. The van der Waals surface area contributed by atoms with Crippen LogP contribution in [0.2, 0.25) is 0 Å². The molecule has 0 fully saturated rings. The van der Waals surface area contributed by atoms with E-state index >= 15 is 0 Å². The van der Waals surface area contributed by atoms with Gasteiger partial charge in [0.15, 0.2) is 0 Å². The molecule has 0 aliphatic carbocycles. The van der Waals surface area contributed by atoms with E-state index in [1.54, 1.807) is 12.1 Å². The van der Waals surface area contributed by atoms with E-state index in [2.05, 4.69) is 11.1 Å². The number of aryl methyl sites for hydroxylation is 1. The second-order valence-corrected chi connectivity index (χ2v) is 4.51. The number of imidazole rings is 1. The fraction of sp³-hybridized carbons (Fsp3) is 0.133. The maximum atomic E-state index is 12.8. The van der Waals surface area contributed by atoms with Gasteiger partial charge in [0.05, 0.1) is 5.69 Å². The molecule has 0 aliphatic heterocycles. The lowest BCUT2D eigenvalue weighted by Crippen LogP contribution is -1.88. The lowest BCUT2D eigenvalue weighted by molar-refractivity contribution is 0.627. The van der Waals surface area contributed by atoms with Gasteiger partial charge in [0.1, 0.15) is 11.5 Å². The van der Waals surface area contributed by atoms with E-state index in [-0.39, 0.29) is 5.82 Å². The Morgan fingerprint density at radius 1 is 1.17 bits per heavy atom. The molecule has 0 unspecified atom stereocenters. The number of aromatic nitrogens is 2. The Balaban J connectivity index is 1.92. The third-order valence-electron chi connectivity index (χ3n) is 2.96. The molecule has 3 rings (SSSR count). The summed E-state index contributed by atoms with van der Waals surface area (Å²) >= 11 is 0. The van der Waals surface area contributed by atoms with E-state index in [1.807, 2.05) is 29.8 Å². The van der Waals surface area contributed by atoms with Gasteiger partial charge < -0.3 is 4.40 Å². The van der Waals surface area contributed by atoms with Crippen LogP contribution in [-0.4, -0.2) is 9.38 Å². The number of hydrogen-bond acceptors (Lipinski definition) is 1. The van der Waals surface area contributed by atoms with Crippen LogP contribution in [0.15, 0.2) is 48.8 Å². The van der Waals surface area contributed by atoms with Gasteiger partial charge in [-0.3, -0.25) is 0 Å². The minimum atomic E-state index is -0.204. The van der Waals surface area contributed by atoms with Crippen molar-refractivity contribution in [2.75, 3.05) is 0 Å². The molecule has 0 spiro atoms. The third-order valence-corrected chi connectivity index (χ3v) is 2.96. The number of benzene rings is 1. The first-order valence-electron chi connectivity index (χ1n) is 5.89. The van der Waals surface area contributed by atoms with Gasteiger partial charge in [-0.15, -0.1) is 0 Å². The highest BCUT2D eigenvalue weighted by Crippen LogP contribution is 2.12. The SMILES string of the molecule is Cc1ccn2cc(Cc3ccc(F)cc3)nc2c1. The van der Waals surface area contributed by atoms with Crippen molar-refractivity contribution >= 4 is 5.65 Å². The average Bonchev–Trinajstić information content (AvgIpc) is 2.73. The van der Waals surface area contributed by atoms with Crippen molar-refractivity contribution in [2.24, 2.45) is 0 Å². The summed E-state index contributed by atoms with van der Waals surface area (Å²) in [5.41, 5.74) is 4.21. The molecule has 2 nitrogen and oxygen atoms in total. The van der Waals surface area contributed by atoms with E-state index < -0.39 is 0 Å². The minimum absolute atomic E-state index is 0.204. The number of hydrogen-bond donors (Lipinski definition) is 0. The van der Waals surface area contributed by atoms with Gasteiger partial charge in [0.25, 0.3) is 0 Å². The Bertz CT molecular complexity index is 683. The Morgan fingerprint density at radius 2 is 1.94 bits per heavy atom. The van der Waals surface area contributed by atoms with Crippen LogP contribution >= 0.6 is 0 Å². The number of rotatable bonds is 2. The summed E-state index contributed by atoms with van der Waals surface area (Å²) in [6.07, 6.45) is 4.74. The minimum Gasteiger partial charge on any atom is -0.307 e. The van der Waals surface area contributed by atoms with E-state index in [1.165, 1.54) is 17.7 Å². The topological polar surface area (TPSA) is 17.3 Å². The van der Waals surface area contributed by atoms with Crippen LogP contribution in [0.1, 0.15) is 16.8 Å². The molecular weight excluding hydrogens is 227 g/mol. The highest BCUT2D eigenvalue weighted by Gasteiger charge is 2.03. The Morgan fingerprint density at radius 3 is 2.72 bits per heavy atom. The molecule has 1 aromatic carbocycles. The highest BCUT2D eigenvalue weighted by molar-refractivity contribution is 5.43. The summed E-state index contributed by atoms with van der Waals surface area (Å²) in [6.45, 7) is 2.05. The largest absolute Gasteiger partial charge is 0.307 e. The second kappa shape index (κ2) is 4.26. The van der Waals surface area contributed by atoms with Crippen molar-refractivity contribution in [1.29, 1.82) is 0 Å². The fourth-order valence-electron chi connectivity index (χ4n) is 2.03. The lowest BCUT2D eigenvalue weighted by atomic mass is 10.1. The Hall–Kier alpha value is -2.16. The van der Waals surface area contributed by atoms with E-state index in [0.29, 0.717) is 0 Å². The Labute approximate surface area is 105 Å². The standard InChI is InChI=1S/C15H13FN2/c1-11-6-7-18-10-14(17-15(18)8-11)9-12-2-4-13(16)5-3-12/h2-8,10H,9H2,1H3. The van der Waals surface area contributed by atoms with Crippen molar-refractivity contribution in [1.82, 2.24) is 9.38 Å². The second-order valence-electron chi connectivity index (χ2n) is 4.51. The molecule has 2 heterocycles. The van der Waals surface area contributed by atoms with Crippen LogP contribution in [-0.2, 0) is 6.42 Å². The molecule has 3 heteroatoms. The van der Waals surface area contributed by atoms with E-state index in [4.69, 9.17) is 0 Å². The number of pyridine rings is 1. The zero-order valence-electron chi connectivity index (χ0n) is 10.1. The number of fused-ring (bicyclic) bond motifs is 1. The van der Waals surface area contributed by atoms with E-state index in [0.717, 1.165) is 23.3 Å². The zero-order valence-corrected chi connectivity index (χ0v) is 10.1. The van der Waals surface area contributed by atoms with Crippen molar-refractivity contribution in [3.63, 3.8) is 0 Å². The first-order valence-corrected chi connectivity index (χ1v) is 5.89. The van der Waals surface area contributed by atoms with Gasteiger partial charge >= 0.3 is 0 Å². The smallest absolute Gasteiger partial charge is 0.137 e. The molecule has 3 aromatic rings. The van der Waals surface area contributed by atoms with Gasteiger partial charge in [0.2, 0.25) is 0 Å². The molecule has 18 heavy (non-hydrogen) atoms. The molecule has 0 aliphatic rings. The summed E-state index contributed by atoms with van der Waals surface area (Å²) in [5, 5.41) is 0. The molecular formula is C15H13FN2. The van der Waals surface area contributed by atoms with Crippen molar-refractivity contribution in [3.05, 3.63) is 71.4 Å². The monoisotopic (exact) mass is 240 g/mol. The highest BCUT2D eigenvalue weighted by atomic mass is 19.1. The summed E-state index contributed by atoms with van der Waals surface area (Å²) in [6, 6.07) is 10.7. The third kappa shape index (κ3) is 2.12. The normalized spacial score (nSPS) is 11.0. The molecule has 2 aromatic heterocycles. The molecule has 0 atom stereocenters. The van der Waals surface area contributed by atoms with Crippen LogP contribution in [0.25, 0.3) is 5.65 Å². The van der Waals surface area contributed by atoms with Gasteiger partial charge in [-0.2, -0.15) is 0 Å². The zero-order chi connectivity index (χ0) is 12.5. The Kier molecular flexibility index (Phi) is 2.59. The molecule has 0 N–H and O–H groups in total. The van der Waals surface area contributed by atoms with E-state index in [9.17, 15) is 4.39 Å². The van der Waals surface area contributed by atoms with Crippen molar-refractivity contribution < 1.29 is 4.39 Å². The summed E-state index contributed by atoms with van der Waals surface area (Å²) in [4.78, 5) is 4.56. The van der Waals surface area contributed by atoms with Gasteiger partial charge in [0, 0.05) is 18.8 Å². The molecule has 0 amide bonds. The van der Waals surface area contributed by atoms with Crippen LogP contribution < -0.4 is 0 Å². The van der Waals surface area contributed by atoms with Crippen LogP contribution in [0.4, 0.5) is 4.39 Å². The lowest BCUT2D eigenvalue weighted by Gasteiger charge is -1.96. The first-order chi connectivity index (χ1) is 8.70. The number of halogens is 1. The van der Waals surface area contributed by atoms with Gasteiger partial charge in [-0.25, -0.2) is 9.37 Å². The molecule has 90 valence electrons. The molecule has 0 radical (unpaired) electrons. The maximum absolute atomic E-state index is 12.8. The van der Waals surface area contributed by atoms with Crippen LogP contribution in [0.5, 0.6) is 0 Å².